The summed E-state index contributed by atoms with van der Waals surface area (Å²) in [6.45, 7) is 13.0. The zero-order chi connectivity index (χ0) is 25.5. The smallest absolute Gasteiger partial charge is 0.286 e. The maximum Gasteiger partial charge on any atom is 0.286 e. The Morgan fingerprint density at radius 3 is 2.49 bits per heavy atom. The van der Waals surface area contributed by atoms with E-state index < -0.39 is 0 Å². The molecule has 6 rings (SSSR count). The molecule has 3 aliphatic rings. The normalized spacial score (nSPS) is 20.2. The number of piperazine rings is 1. The zero-order valence-electron chi connectivity index (χ0n) is 21.7. The lowest BCUT2D eigenvalue weighted by Gasteiger charge is -2.38. The third kappa shape index (κ3) is 4.78. The summed E-state index contributed by atoms with van der Waals surface area (Å²) in [5.41, 5.74) is 6.07. The average Bonchev–Trinajstić information content (AvgIpc) is 3.65. The van der Waals surface area contributed by atoms with E-state index in [9.17, 15) is 4.79 Å². The van der Waals surface area contributed by atoms with Crippen LogP contribution in [0.1, 0.15) is 37.9 Å². The number of nitrogens with zero attached hydrogens (tertiary/aromatic N) is 7. The van der Waals surface area contributed by atoms with Crippen molar-refractivity contribution in [2.24, 2.45) is 4.99 Å². The molecule has 2 aromatic heterocycles. The molecular formula is C28H33N7OS. The van der Waals surface area contributed by atoms with Crippen molar-refractivity contribution in [2.75, 3.05) is 44.2 Å². The van der Waals surface area contributed by atoms with Gasteiger partial charge in [-0.1, -0.05) is 6.07 Å². The largest absolute Gasteiger partial charge is 0.369 e. The molecule has 2 saturated heterocycles. The van der Waals surface area contributed by atoms with Crippen molar-refractivity contribution in [3.63, 3.8) is 0 Å². The second kappa shape index (κ2) is 9.95. The molecule has 0 atom stereocenters. The second-order valence-electron chi connectivity index (χ2n) is 10.3. The minimum atomic E-state index is -0.180. The fourth-order valence-electron chi connectivity index (χ4n) is 5.39. The lowest BCUT2D eigenvalue weighted by Crippen LogP contribution is -2.49. The standard InChI is InChI=1S/C28H33N7OS/c1-19(2)32-12-14-33(15-13-32)23-8-6-21(16-20(23)3)24-18-29-26-9-7-22(31-35(24)26)17-25-27(36)30-28(37-25)34-10-4-5-11-34/h6-9,16-19H,4-5,10-15H2,1-3H3. The number of hydrogen-bond acceptors (Lipinski definition) is 7. The number of fused-ring (bicyclic) bond motifs is 1. The molecule has 3 aromatic rings. The third-order valence-corrected chi connectivity index (χ3v) is 8.57. The van der Waals surface area contributed by atoms with Gasteiger partial charge in [-0.3, -0.25) is 9.69 Å². The molecule has 0 spiro atoms. The highest BCUT2D eigenvalue weighted by atomic mass is 32.2. The predicted octanol–water partition coefficient (Wildman–Crippen LogP) is 4.30. The van der Waals surface area contributed by atoms with Crippen molar-refractivity contribution in [2.45, 2.75) is 39.7 Å². The second-order valence-corrected chi connectivity index (χ2v) is 11.3. The number of imidazole rings is 1. The molecule has 0 aliphatic carbocycles. The Kier molecular flexibility index (Phi) is 6.50. The maximum atomic E-state index is 12.5. The van der Waals surface area contributed by atoms with Gasteiger partial charge in [0.15, 0.2) is 10.8 Å². The van der Waals surface area contributed by atoms with Crippen LogP contribution in [0.25, 0.3) is 23.0 Å². The van der Waals surface area contributed by atoms with E-state index >= 15 is 0 Å². The molecule has 1 aromatic carbocycles. The Labute approximate surface area is 222 Å². The van der Waals surface area contributed by atoms with Crippen LogP contribution >= 0.6 is 11.8 Å². The van der Waals surface area contributed by atoms with Crippen molar-refractivity contribution >= 4 is 40.2 Å². The number of carbonyl (C=O) groups excluding carboxylic acids is 1. The van der Waals surface area contributed by atoms with Gasteiger partial charge in [-0.15, -0.1) is 0 Å². The molecule has 8 nitrogen and oxygen atoms in total. The summed E-state index contributed by atoms with van der Waals surface area (Å²) < 4.78 is 1.87. The number of aryl methyl sites for hydroxylation is 1. The molecule has 1 amide bonds. The number of aromatic nitrogens is 3. The predicted molar refractivity (Wildman–Crippen MR) is 151 cm³/mol. The zero-order valence-corrected chi connectivity index (χ0v) is 22.5. The van der Waals surface area contributed by atoms with Crippen molar-refractivity contribution in [3.8, 4) is 11.3 Å². The van der Waals surface area contributed by atoms with Crippen LogP contribution in [0, 0.1) is 6.92 Å². The van der Waals surface area contributed by atoms with E-state index in [1.807, 2.05) is 28.9 Å². The molecule has 0 bridgehead atoms. The van der Waals surface area contributed by atoms with Crippen LogP contribution in [-0.4, -0.2) is 80.8 Å². The topological polar surface area (TPSA) is 69.3 Å². The van der Waals surface area contributed by atoms with E-state index in [2.05, 4.69) is 63.6 Å². The molecule has 0 saturated carbocycles. The number of amides is 1. The number of benzene rings is 1. The highest BCUT2D eigenvalue weighted by Gasteiger charge is 2.28. The molecular weight excluding hydrogens is 482 g/mol. The first-order chi connectivity index (χ1) is 18.0. The summed E-state index contributed by atoms with van der Waals surface area (Å²) in [5.74, 6) is -0.180. The molecule has 0 unspecified atom stereocenters. The van der Waals surface area contributed by atoms with E-state index in [1.54, 1.807) is 0 Å². The number of likely N-dealkylation sites (tertiary alicyclic amines) is 1. The van der Waals surface area contributed by atoms with Crippen molar-refractivity contribution < 1.29 is 4.79 Å². The molecule has 0 radical (unpaired) electrons. The van der Waals surface area contributed by atoms with Gasteiger partial charge < -0.3 is 9.80 Å². The van der Waals surface area contributed by atoms with Gasteiger partial charge in [0.05, 0.1) is 22.5 Å². The molecule has 9 heteroatoms. The number of rotatable bonds is 4. The molecule has 192 valence electrons. The summed E-state index contributed by atoms with van der Waals surface area (Å²) >= 11 is 1.45. The van der Waals surface area contributed by atoms with Crippen molar-refractivity contribution in [1.29, 1.82) is 0 Å². The Morgan fingerprint density at radius 1 is 0.973 bits per heavy atom. The van der Waals surface area contributed by atoms with Gasteiger partial charge in [0.25, 0.3) is 5.91 Å². The first kappa shape index (κ1) is 24.2. The van der Waals surface area contributed by atoms with Gasteiger partial charge in [0.1, 0.15) is 0 Å². The lowest BCUT2D eigenvalue weighted by atomic mass is 10.1. The number of amidine groups is 1. The van der Waals surface area contributed by atoms with Crippen LogP contribution < -0.4 is 4.90 Å². The lowest BCUT2D eigenvalue weighted by molar-refractivity contribution is -0.113. The van der Waals surface area contributed by atoms with Crippen LogP contribution in [0.4, 0.5) is 5.69 Å². The number of anilines is 1. The van der Waals surface area contributed by atoms with E-state index in [0.29, 0.717) is 10.9 Å². The Balaban J connectivity index is 1.23. The molecule has 2 fully saturated rings. The first-order valence-electron chi connectivity index (χ1n) is 13.2. The van der Waals surface area contributed by atoms with Crippen molar-refractivity contribution in [1.82, 2.24) is 24.4 Å². The van der Waals surface area contributed by atoms with E-state index in [-0.39, 0.29) is 5.91 Å². The third-order valence-electron chi connectivity index (χ3n) is 7.53. The molecule has 5 heterocycles. The van der Waals surface area contributed by atoms with Gasteiger partial charge in [-0.2, -0.15) is 10.1 Å². The van der Waals surface area contributed by atoms with Crippen LogP contribution in [0.3, 0.4) is 0 Å². The number of carbonyl (C=O) groups is 1. The van der Waals surface area contributed by atoms with Crippen molar-refractivity contribution in [3.05, 3.63) is 52.7 Å². The van der Waals surface area contributed by atoms with Crippen LogP contribution in [0.5, 0.6) is 0 Å². The quantitative estimate of drug-likeness (QED) is 0.480. The maximum absolute atomic E-state index is 12.5. The monoisotopic (exact) mass is 515 g/mol. The molecule has 0 N–H and O–H groups in total. The summed E-state index contributed by atoms with van der Waals surface area (Å²) in [6, 6.07) is 11.1. The first-order valence-corrected chi connectivity index (χ1v) is 14.0. The summed E-state index contributed by atoms with van der Waals surface area (Å²) in [5, 5.41) is 5.65. The van der Waals surface area contributed by atoms with Gasteiger partial charge in [-0.25, -0.2) is 9.50 Å². The highest BCUT2D eigenvalue weighted by molar-refractivity contribution is 8.18. The molecule has 37 heavy (non-hydrogen) atoms. The molecule has 3 aliphatic heterocycles. The van der Waals surface area contributed by atoms with E-state index in [0.717, 1.165) is 79.9 Å². The van der Waals surface area contributed by atoms with E-state index in [4.69, 9.17) is 5.10 Å². The minimum absolute atomic E-state index is 0.180. The average molecular weight is 516 g/mol. The highest BCUT2D eigenvalue weighted by Crippen LogP contribution is 2.32. The summed E-state index contributed by atoms with van der Waals surface area (Å²) in [7, 11) is 0. The van der Waals surface area contributed by atoms with Crippen LogP contribution in [-0.2, 0) is 4.79 Å². The van der Waals surface area contributed by atoms with Crippen LogP contribution in [0.15, 0.2) is 46.4 Å². The number of aliphatic imine (C=N–C) groups is 1. The number of thioether (sulfide) groups is 1. The summed E-state index contributed by atoms with van der Waals surface area (Å²) in [4.78, 5) is 29.2. The van der Waals surface area contributed by atoms with Gasteiger partial charge in [0.2, 0.25) is 0 Å². The SMILES string of the molecule is Cc1cc(-c2cnc3ccc(C=C4SC(N5CCCC5)=NC4=O)nn23)ccc1N1CCN(C(C)C)CC1. The van der Waals surface area contributed by atoms with Crippen LogP contribution in [0.2, 0.25) is 0 Å². The fraction of sp³-hybridized carbons (Fsp3) is 0.429. The minimum Gasteiger partial charge on any atom is -0.369 e. The fourth-order valence-corrected chi connectivity index (χ4v) is 6.34. The van der Waals surface area contributed by atoms with Gasteiger partial charge >= 0.3 is 0 Å². The Bertz CT molecular complexity index is 1390. The Morgan fingerprint density at radius 2 is 1.76 bits per heavy atom. The van der Waals surface area contributed by atoms with Gasteiger partial charge in [0, 0.05) is 56.6 Å². The summed E-state index contributed by atoms with van der Waals surface area (Å²) in [6.07, 6.45) is 6.03. The Hall–Kier alpha value is -3.17. The van der Waals surface area contributed by atoms with E-state index in [1.165, 1.54) is 23.0 Å². The van der Waals surface area contributed by atoms with Gasteiger partial charge in [-0.05, 0) is 81.3 Å². The number of hydrogen-bond donors (Lipinski definition) is 0.